The molecule has 7 heteroatoms. The van der Waals surface area contributed by atoms with E-state index in [9.17, 15) is 14.0 Å². The molecule has 0 unspecified atom stereocenters. The third kappa shape index (κ3) is 4.57. The number of benzene rings is 1. The molecule has 1 fully saturated rings. The highest BCUT2D eigenvalue weighted by molar-refractivity contribution is 7.17. The topological polar surface area (TPSA) is 58.6 Å². The summed E-state index contributed by atoms with van der Waals surface area (Å²) in [4.78, 5) is 28.7. The maximum Gasteiger partial charge on any atom is 0.257 e. The second kappa shape index (κ2) is 8.88. The van der Waals surface area contributed by atoms with Gasteiger partial charge < -0.3 is 15.0 Å². The summed E-state index contributed by atoms with van der Waals surface area (Å²) in [6.45, 7) is 2.21. The number of aryl methyl sites for hydroxylation is 1. The smallest absolute Gasteiger partial charge is 0.257 e. The van der Waals surface area contributed by atoms with E-state index in [0.717, 1.165) is 31.2 Å². The summed E-state index contributed by atoms with van der Waals surface area (Å²) in [7, 11) is 0. The van der Waals surface area contributed by atoms with Gasteiger partial charge in [-0.15, -0.1) is 11.3 Å². The zero-order valence-corrected chi connectivity index (χ0v) is 16.9. The molecule has 4 rings (SSSR count). The minimum atomic E-state index is -0.350. The number of thiophene rings is 1. The SMILES string of the molecule is O=C(/C=C/c1cccc(F)c1)Nc1sc2c(c1C(=O)N1CCOCC1)CCCC2. The average Bonchev–Trinajstić information content (AvgIpc) is 3.10. The summed E-state index contributed by atoms with van der Waals surface area (Å²) in [5, 5.41) is 3.51. The molecule has 1 saturated heterocycles. The van der Waals surface area contributed by atoms with Crippen LogP contribution in [0.3, 0.4) is 0 Å². The first-order valence-corrected chi connectivity index (χ1v) is 10.7. The monoisotopic (exact) mass is 414 g/mol. The highest BCUT2D eigenvalue weighted by Crippen LogP contribution is 2.39. The van der Waals surface area contributed by atoms with Crippen molar-refractivity contribution in [1.82, 2.24) is 4.90 Å². The van der Waals surface area contributed by atoms with Crippen molar-refractivity contribution in [3.63, 3.8) is 0 Å². The molecular formula is C22H23FN2O3S. The molecule has 0 spiro atoms. The first-order chi connectivity index (χ1) is 14.1. The molecule has 2 aromatic rings. The zero-order valence-electron chi connectivity index (χ0n) is 16.1. The Kier molecular flexibility index (Phi) is 6.06. The number of carbonyl (C=O) groups excluding carboxylic acids is 2. The normalized spacial score (nSPS) is 16.7. The van der Waals surface area contributed by atoms with Crippen LogP contribution >= 0.6 is 11.3 Å². The lowest BCUT2D eigenvalue weighted by molar-refractivity contribution is -0.111. The van der Waals surface area contributed by atoms with Crippen molar-refractivity contribution in [3.8, 4) is 0 Å². The number of anilines is 1. The van der Waals surface area contributed by atoms with Crippen LogP contribution in [0.2, 0.25) is 0 Å². The molecule has 29 heavy (non-hydrogen) atoms. The van der Waals surface area contributed by atoms with E-state index in [4.69, 9.17) is 4.74 Å². The Bertz CT molecular complexity index is 948. The quantitative estimate of drug-likeness (QED) is 0.773. The number of nitrogens with zero attached hydrogens (tertiary/aromatic N) is 1. The third-order valence-electron chi connectivity index (χ3n) is 5.20. The lowest BCUT2D eigenvalue weighted by Crippen LogP contribution is -2.41. The second-order valence-electron chi connectivity index (χ2n) is 7.20. The van der Waals surface area contributed by atoms with Gasteiger partial charge in [0.2, 0.25) is 5.91 Å². The van der Waals surface area contributed by atoms with Gasteiger partial charge in [0.1, 0.15) is 10.8 Å². The van der Waals surface area contributed by atoms with Crippen molar-refractivity contribution in [2.24, 2.45) is 0 Å². The molecule has 1 aromatic heterocycles. The molecule has 2 aliphatic rings. The number of rotatable bonds is 4. The van der Waals surface area contributed by atoms with Crippen molar-refractivity contribution in [2.75, 3.05) is 31.6 Å². The Morgan fingerprint density at radius 3 is 2.76 bits per heavy atom. The lowest BCUT2D eigenvalue weighted by Gasteiger charge is -2.27. The van der Waals surface area contributed by atoms with E-state index in [-0.39, 0.29) is 17.6 Å². The summed E-state index contributed by atoms with van der Waals surface area (Å²) in [6.07, 6.45) is 6.90. The minimum Gasteiger partial charge on any atom is -0.378 e. The van der Waals surface area contributed by atoms with Gasteiger partial charge in [-0.1, -0.05) is 12.1 Å². The third-order valence-corrected chi connectivity index (χ3v) is 6.40. The van der Waals surface area contributed by atoms with Gasteiger partial charge >= 0.3 is 0 Å². The van der Waals surface area contributed by atoms with Gasteiger partial charge in [0, 0.05) is 24.0 Å². The van der Waals surface area contributed by atoms with Crippen LogP contribution in [0.1, 0.15) is 39.2 Å². The van der Waals surface area contributed by atoms with Crippen molar-refractivity contribution in [3.05, 3.63) is 57.7 Å². The average molecular weight is 415 g/mol. The molecule has 2 amide bonds. The Morgan fingerprint density at radius 1 is 1.17 bits per heavy atom. The van der Waals surface area contributed by atoms with Crippen LogP contribution in [0.15, 0.2) is 30.3 Å². The first kappa shape index (κ1) is 19.8. The molecule has 2 heterocycles. The number of fused-ring (bicyclic) bond motifs is 1. The van der Waals surface area contributed by atoms with Gasteiger partial charge in [0.15, 0.2) is 0 Å². The van der Waals surface area contributed by atoms with Crippen LogP contribution in [0, 0.1) is 5.82 Å². The van der Waals surface area contributed by atoms with Gasteiger partial charge in [-0.05, 0) is 55.0 Å². The number of amides is 2. The molecule has 152 valence electrons. The van der Waals surface area contributed by atoms with Crippen molar-refractivity contribution in [1.29, 1.82) is 0 Å². The van der Waals surface area contributed by atoms with E-state index in [1.807, 2.05) is 0 Å². The highest BCUT2D eigenvalue weighted by atomic mass is 32.1. The standard InChI is InChI=1S/C22H23FN2O3S/c23-16-5-3-4-15(14-16)8-9-19(26)24-21-20(17-6-1-2-7-18(17)29-21)22(27)25-10-12-28-13-11-25/h3-5,8-9,14H,1-2,6-7,10-13H2,(H,24,26)/b9-8+. The molecule has 5 nitrogen and oxygen atoms in total. The van der Waals surface area contributed by atoms with Crippen LogP contribution in [0.4, 0.5) is 9.39 Å². The number of hydrogen-bond acceptors (Lipinski definition) is 4. The van der Waals surface area contributed by atoms with Crippen LogP contribution in [0.5, 0.6) is 0 Å². The number of halogens is 1. The molecule has 1 aromatic carbocycles. The number of hydrogen-bond donors (Lipinski definition) is 1. The Hall–Kier alpha value is -2.51. The molecular weight excluding hydrogens is 391 g/mol. The molecule has 0 bridgehead atoms. The van der Waals surface area contributed by atoms with E-state index < -0.39 is 0 Å². The number of morpholine rings is 1. The van der Waals surface area contributed by atoms with Gasteiger partial charge in [-0.3, -0.25) is 9.59 Å². The largest absolute Gasteiger partial charge is 0.378 e. The van der Waals surface area contributed by atoms with E-state index in [1.54, 1.807) is 23.1 Å². The summed E-state index contributed by atoms with van der Waals surface area (Å²) >= 11 is 1.50. The molecule has 1 aliphatic carbocycles. The molecule has 1 N–H and O–H groups in total. The van der Waals surface area contributed by atoms with Crippen LogP contribution < -0.4 is 5.32 Å². The zero-order chi connectivity index (χ0) is 20.2. The Labute approximate surface area is 173 Å². The Balaban J connectivity index is 1.57. The maximum absolute atomic E-state index is 13.3. The first-order valence-electron chi connectivity index (χ1n) is 9.88. The van der Waals surface area contributed by atoms with Crippen LogP contribution in [0.25, 0.3) is 6.08 Å². The van der Waals surface area contributed by atoms with Gasteiger partial charge in [-0.2, -0.15) is 0 Å². The van der Waals surface area contributed by atoms with Crippen molar-refractivity contribution in [2.45, 2.75) is 25.7 Å². The van der Waals surface area contributed by atoms with E-state index in [2.05, 4.69) is 5.32 Å². The summed E-state index contributed by atoms with van der Waals surface area (Å²) in [5.74, 6) is -0.710. The van der Waals surface area contributed by atoms with Gasteiger partial charge in [0.05, 0.1) is 18.8 Å². The summed E-state index contributed by atoms with van der Waals surface area (Å²) in [5.41, 5.74) is 2.33. The molecule has 0 radical (unpaired) electrons. The fraction of sp³-hybridized carbons (Fsp3) is 0.364. The van der Waals surface area contributed by atoms with Gasteiger partial charge in [-0.25, -0.2) is 4.39 Å². The summed E-state index contributed by atoms with van der Waals surface area (Å²) in [6, 6.07) is 6.04. The van der Waals surface area contributed by atoms with Gasteiger partial charge in [0.25, 0.3) is 5.91 Å². The van der Waals surface area contributed by atoms with Crippen LogP contribution in [-0.4, -0.2) is 43.0 Å². The lowest BCUT2D eigenvalue weighted by atomic mass is 9.95. The van der Waals surface area contributed by atoms with Crippen molar-refractivity contribution >= 4 is 34.2 Å². The maximum atomic E-state index is 13.3. The molecule has 0 saturated carbocycles. The Morgan fingerprint density at radius 2 is 1.97 bits per heavy atom. The predicted octanol–water partition coefficient (Wildman–Crippen LogP) is 3.89. The van der Waals surface area contributed by atoms with E-state index in [1.165, 1.54) is 34.4 Å². The van der Waals surface area contributed by atoms with Crippen LogP contribution in [-0.2, 0) is 22.4 Å². The number of nitrogens with one attached hydrogen (secondary N) is 1. The molecule has 1 aliphatic heterocycles. The van der Waals surface area contributed by atoms with E-state index >= 15 is 0 Å². The summed E-state index contributed by atoms with van der Waals surface area (Å²) < 4.78 is 18.7. The van der Waals surface area contributed by atoms with E-state index in [0.29, 0.717) is 42.4 Å². The fourth-order valence-electron chi connectivity index (χ4n) is 3.74. The molecule has 0 atom stereocenters. The minimum absolute atomic E-state index is 0.0305. The number of carbonyl (C=O) groups is 2. The second-order valence-corrected chi connectivity index (χ2v) is 8.30. The highest BCUT2D eigenvalue weighted by Gasteiger charge is 2.29. The number of ether oxygens (including phenoxy) is 1. The predicted molar refractivity (Wildman–Crippen MR) is 112 cm³/mol. The fourth-order valence-corrected chi connectivity index (χ4v) is 5.02. The van der Waals surface area contributed by atoms with Crippen molar-refractivity contribution < 1.29 is 18.7 Å².